The molecule has 1 amide bonds. The molecule has 0 unspecified atom stereocenters. The number of aliphatic hydroxyl groups is 1. The second-order valence-electron chi connectivity index (χ2n) is 11.4. The molecule has 0 radical (unpaired) electrons. The first-order valence-corrected chi connectivity index (χ1v) is 14.0. The Hall–Kier alpha value is -3.55. The van der Waals surface area contributed by atoms with Crippen LogP contribution in [-0.2, 0) is 11.1 Å². The van der Waals surface area contributed by atoms with Gasteiger partial charge in [-0.3, -0.25) is 4.79 Å². The van der Waals surface area contributed by atoms with Crippen molar-refractivity contribution in [3.63, 3.8) is 0 Å². The van der Waals surface area contributed by atoms with E-state index in [1.54, 1.807) is 36.4 Å². The first-order chi connectivity index (χ1) is 20.2. The van der Waals surface area contributed by atoms with Crippen LogP contribution in [0, 0.1) is 18.3 Å². The largest absolute Gasteiger partial charge is 1.00 e. The van der Waals surface area contributed by atoms with E-state index in [-0.39, 0.29) is 49.9 Å². The van der Waals surface area contributed by atoms with E-state index in [2.05, 4.69) is 5.32 Å². The van der Waals surface area contributed by atoms with Crippen molar-refractivity contribution in [3.05, 3.63) is 89.8 Å². The summed E-state index contributed by atoms with van der Waals surface area (Å²) < 4.78 is 31.1. The number of rotatable bonds is 11. The Kier molecular flexibility index (Phi) is 8.51. The third kappa shape index (κ3) is 5.85. The molecule has 6 rings (SSSR count). The van der Waals surface area contributed by atoms with Gasteiger partial charge in [0.25, 0.3) is 5.91 Å². The fraction of sp³-hybridized carbons (Fsp3) is 0.375. The van der Waals surface area contributed by atoms with Crippen molar-refractivity contribution in [1.82, 2.24) is 15.3 Å². The molecule has 43 heavy (non-hydrogen) atoms. The molecular formula is C32H33FLiN4O5-. The smallest absolute Gasteiger partial charge is 0.585 e. The monoisotopic (exact) mass is 579 g/mol. The fourth-order valence-corrected chi connectivity index (χ4v) is 5.35. The van der Waals surface area contributed by atoms with Gasteiger partial charge in [0.2, 0.25) is 0 Å². The van der Waals surface area contributed by atoms with Gasteiger partial charge in [0.05, 0.1) is 31.0 Å². The molecule has 0 spiro atoms. The standard InChI is InChI=1S/C32H33FN4O5.Li/c1-4-37(34)31(2)18-41-29-24(31)16-27(36-28(29)19-5-10-22(33)11-6-19)32(39,21-8-9-21)17-35-30(38)20-7-14-25(26(15-20)40-3)42-23-12-13-23;/h1,4-7,10-11,14-16,21,23,34,39H,8-9,12-13,17-18H2,2-3H3,(H,35,38);/q-2;+1/t31-,32+;/m0./s1. The van der Waals surface area contributed by atoms with Crippen LogP contribution < -0.4 is 38.4 Å². The fourth-order valence-electron chi connectivity index (χ4n) is 5.35. The van der Waals surface area contributed by atoms with Crippen LogP contribution in [-0.4, -0.2) is 47.4 Å². The number of hydrogen-bond donors (Lipinski definition) is 2. The van der Waals surface area contributed by atoms with Crippen molar-refractivity contribution in [2.24, 2.45) is 5.92 Å². The Bertz CT molecular complexity index is 1530. The topological polar surface area (TPSA) is 117 Å². The zero-order chi connectivity index (χ0) is 29.6. The summed E-state index contributed by atoms with van der Waals surface area (Å²) in [6.07, 6.45) is 4.85. The first kappa shape index (κ1) is 30.9. The van der Waals surface area contributed by atoms with Crippen LogP contribution in [0.4, 0.5) is 4.39 Å². The summed E-state index contributed by atoms with van der Waals surface area (Å²) >= 11 is 0. The molecule has 2 saturated carbocycles. The van der Waals surface area contributed by atoms with E-state index in [9.17, 15) is 14.3 Å². The van der Waals surface area contributed by atoms with E-state index >= 15 is 0 Å². The number of fused-ring (bicyclic) bond motifs is 1. The average molecular weight is 580 g/mol. The SMILES string of the molecule is [CH-]=CN([NH-])[C@@]1(C)COc2c1cc([C@@](O)(CNC(=O)c1ccc(OC3CC3)c(OC)c1)C1CC1)nc2-c1ccc(F)cc1.[Li+]. The van der Waals surface area contributed by atoms with Gasteiger partial charge in [-0.15, -0.1) is 0 Å². The average Bonchev–Trinajstić information content (AvgIpc) is 3.94. The van der Waals surface area contributed by atoms with E-state index in [0.717, 1.165) is 36.9 Å². The number of halogens is 1. The van der Waals surface area contributed by atoms with Crippen LogP contribution in [0.1, 0.15) is 54.2 Å². The molecule has 1 aliphatic heterocycles. The van der Waals surface area contributed by atoms with Crippen molar-refractivity contribution < 1.29 is 47.4 Å². The van der Waals surface area contributed by atoms with Gasteiger partial charge in [0.15, 0.2) is 17.2 Å². The second-order valence-corrected chi connectivity index (χ2v) is 11.4. The summed E-state index contributed by atoms with van der Waals surface area (Å²) in [5.41, 5.74) is -0.160. The van der Waals surface area contributed by atoms with E-state index < -0.39 is 17.0 Å². The number of amides is 1. The number of pyridine rings is 1. The summed E-state index contributed by atoms with van der Waals surface area (Å²) in [4.78, 5) is 18.1. The Morgan fingerprint density at radius 2 is 1.95 bits per heavy atom. The number of methoxy groups -OCH3 is 1. The summed E-state index contributed by atoms with van der Waals surface area (Å²) in [7, 11) is 1.53. The third-order valence-electron chi connectivity index (χ3n) is 8.31. The number of benzene rings is 2. The number of carbonyl (C=O) groups is 1. The van der Waals surface area contributed by atoms with E-state index in [1.807, 2.05) is 6.92 Å². The van der Waals surface area contributed by atoms with E-state index in [0.29, 0.717) is 45.3 Å². The molecule has 1 aromatic heterocycles. The Morgan fingerprint density at radius 1 is 1.23 bits per heavy atom. The first-order valence-electron chi connectivity index (χ1n) is 14.0. The maximum absolute atomic E-state index is 13.8. The number of nitrogens with zero attached hydrogens (tertiary/aromatic N) is 2. The summed E-state index contributed by atoms with van der Waals surface area (Å²) in [5, 5.41) is 16.2. The molecule has 11 heteroatoms. The van der Waals surface area contributed by atoms with Gasteiger partial charge in [0, 0.05) is 16.7 Å². The number of aromatic nitrogens is 1. The van der Waals surface area contributed by atoms with E-state index in [4.69, 9.17) is 31.6 Å². The maximum Gasteiger partial charge on any atom is 1.00 e. The Morgan fingerprint density at radius 3 is 2.58 bits per heavy atom. The molecule has 3 aromatic rings. The van der Waals surface area contributed by atoms with Crippen molar-refractivity contribution >= 4 is 5.91 Å². The van der Waals surface area contributed by atoms with Crippen molar-refractivity contribution in [2.75, 3.05) is 20.3 Å². The van der Waals surface area contributed by atoms with Crippen LogP contribution in [0.25, 0.3) is 17.1 Å². The van der Waals surface area contributed by atoms with Gasteiger partial charge in [-0.2, -0.15) is 0 Å². The Labute approximate surface area is 262 Å². The molecule has 2 atom stereocenters. The number of carbonyl (C=O) groups excluding carboxylic acids is 1. The minimum absolute atomic E-state index is 0. The molecule has 3 aliphatic rings. The minimum Gasteiger partial charge on any atom is -0.585 e. The molecule has 0 bridgehead atoms. The van der Waals surface area contributed by atoms with Crippen LogP contribution in [0.5, 0.6) is 17.2 Å². The summed E-state index contributed by atoms with van der Waals surface area (Å²) in [6.45, 7) is 7.56. The molecule has 220 valence electrons. The molecule has 2 aromatic carbocycles. The van der Waals surface area contributed by atoms with Crippen molar-refractivity contribution in [1.29, 1.82) is 0 Å². The van der Waals surface area contributed by atoms with Gasteiger partial charge in [-0.25, -0.2) is 15.6 Å². The normalized spacial score (nSPS) is 20.1. The molecule has 2 aliphatic carbocycles. The zero-order valence-electron chi connectivity index (χ0n) is 24.5. The van der Waals surface area contributed by atoms with Crippen LogP contribution in [0.2, 0.25) is 0 Å². The molecule has 3 N–H and O–H groups in total. The molecular weight excluding hydrogens is 546 g/mol. The van der Waals surface area contributed by atoms with Crippen LogP contribution in [0.3, 0.4) is 0 Å². The van der Waals surface area contributed by atoms with Gasteiger partial charge in [-0.1, -0.05) is 0 Å². The van der Waals surface area contributed by atoms with Gasteiger partial charge in [-0.05, 0) is 87.1 Å². The minimum atomic E-state index is -1.51. The summed E-state index contributed by atoms with van der Waals surface area (Å²) in [6, 6.07) is 12.6. The van der Waals surface area contributed by atoms with Crippen LogP contribution >= 0.6 is 0 Å². The number of hydrogen-bond acceptors (Lipinski definition) is 7. The molecule has 2 fully saturated rings. The molecule has 9 nitrogen and oxygen atoms in total. The molecule has 2 heterocycles. The van der Waals surface area contributed by atoms with Crippen molar-refractivity contribution in [3.8, 4) is 28.5 Å². The van der Waals surface area contributed by atoms with E-state index in [1.165, 1.54) is 19.2 Å². The number of nitrogens with one attached hydrogen (secondary N) is 2. The predicted molar refractivity (Wildman–Crippen MR) is 153 cm³/mol. The number of ether oxygens (including phenoxy) is 3. The van der Waals surface area contributed by atoms with Gasteiger partial charge >= 0.3 is 18.9 Å². The Balaban J connectivity index is 0.00000368. The predicted octanol–water partition coefficient (Wildman–Crippen LogP) is 2.29. The quantitative estimate of drug-likeness (QED) is 0.203. The maximum atomic E-state index is 13.8. The zero-order valence-corrected chi connectivity index (χ0v) is 24.5. The third-order valence-corrected chi connectivity index (χ3v) is 8.31. The second kappa shape index (κ2) is 11.9. The molecule has 0 saturated heterocycles. The van der Waals surface area contributed by atoms with Crippen molar-refractivity contribution in [2.45, 2.75) is 49.9 Å². The summed E-state index contributed by atoms with van der Waals surface area (Å²) in [5.74, 6) is 9.03. The van der Waals surface area contributed by atoms with Crippen LogP contribution in [0.15, 0.2) is 54.7 Å². The van der Waals surface area contributed by atoms with Gasteiger partial charge in [0.1, 0.15) is 23.7 Å². The van der Waals surface area contributed by atoms with Gasteiger partial charge < -0.3 is 42.1 Å².